The Kier molecular flexibility index (Phi) is 6.38. The van der Waals surface area contributed by atoms with Gasteiger partial charge in [0.2, 0.25) is 0 Å². The van der Waals surface area contributed by atoms with Gasteiger partial charge >= 0.3 is 6.18 Å². The van der Waals surface area contributed by atoms with Crippen LogP contribution in [0.25, 0.3) is 16.9 Å². The molecule has 170 valence electrons. The number of para-hydroxylation sites is 1. The summed E-state index contributed by atoms with van der Waals surface area (Å²) in [4.78, 5) is 12.6. The largest absolute Gasteiger partial charge is 0.435 e. The third-order valence-electron chi connectivity index (χ3n) is 4.70. The Bertz CT molecular complexity index is 1340. The third kappa shape index (κ3) is 5.00. The molecule has 0 bridgehead atoms. The van der Waals surface area contributed by atoms with Crippen molar-refractivity contribution >= 4 is 46.4 Å². The van der Waals surface area contributed by atoms with Crippen molar-refractivity contribution in [1.82, 2.24) is 9.78 Å². The lowest BCUT2D eigenvalue weighted by molar-refractivity contribution is -0.141. The molecule has 0 aliphatic rings. The number of halogens is 6. The van der Waals surface area contributed by atoms with Gasteiger partial charge in [0.15, 0.2) is 5.69 Å². The summed E-state index contributed by atoms with van der Waals surface area (Å²) in [5.74, 6) is -0.421. The summed E-state index contributed by atoms with van der Waals surface area (Å²) in [6, 6.07) is 18.1. The predicted molar refractivity (Wildman–Crippen MR) is 126 cm³/mol. The van der Waals surface area contributed by atoms with Gasteiger partial charge in [-0.2, -0.15) is 18.3 Å². The van der Waals surface area contributed by atoms with Crippen molar-refractivity contribution in [1.29, 1.82) is 0 Å². The highest BCUT2D eigenvalue weighted by Crippen LogP contribution is 2.34. The van der Waals surface area contributed by atoms with Crippen LogP contribution in [0.4, 0.5) is 18.9 Å². The zero-order valence-electron chi connectivity index (χ0n) is 16.5. The maximum absolute atomic E-state index is 13.4. The van der Waals surface area contributed by atoms with Crippen molar-refractivity contribution < 1.29 is 19.4 Å². The topological polar surface area (TPSA) is 46.9 Å². The summed E-state index contributed by atoms with van der Waals surface area (Å²) >= 11 is 18.0. The number of carbonyl (C=O) groups is 1. The first-order chi connectivity index (χ1) is 15.6. The van der Waals surface area contributed by atoms with Crippen LogP contribution in [0, 0.1) is 0 Å². The highest BCUT2D eigenvalue weighted by molar-refractivity contribution is 6.42. The average Bonchev–Trinajstić information content (AvgIpc) is 3.22. The molecule has 4 nitrogen and oxygen atoms in total. The van der Waals surface area contributed by atoms with Gasteiger partial charge in [-0.3, -0.25) is 4.79 Å². The maximum atomic E-state index is 13.4. The zero-order chi connectivity index (χ0) is 23.8. The fourth-order valence-electron chi connectivity index (χ4n) is 3.10. The highest BCUT2D eigenvalue weighted by Gasteiger charge is 2.35. The Balaban J connectivity index is 0.00000324. The van der Waals surface area contributed by atoms with Gasteiger partial charge in [0, 0.05) is 18.2 Å². The van der Waals surface area contributed by atoms with Crippen LogP contribution in [0.1, 0.15) is 17.5 Å². The van der Waals surface area contributed by atoms with E-state index in [-0.39, 0.29) is 17.2 Å². The van der Waals surface area contributed by atoms with Crippen LogP contribution in [-0.2, 0) is 6.18 Å². The van der Waals surface area contributed by atoms with Gasteiger partial charge in [-0.05, 0) is 48.5 Å². The molecule has 0 fully saturated rings. The molecule has 3 aromatic carbocycles. The number of rotatable bonds is 4. The molecule has 0 aliphatic carbocycles. The molecule has 33 heavy (non-hydrogen) atoms. The SMILES string of the molecule is O=C(Nc1ccc(Cl)c(Cl)c1)c1ccc(-c2cc(C(F)(F)F)nn2-c2ccccc2Cl)cc1.[HH]. The normalized spacial score (nSPS) is 11.5. The van der Waals surface area contributed by atoms with E-state index >= 15 is 0 Å². The molecule has 0 atom stereocenters. The van der Waals surface area contributed by atoms with Crippen LogP contribution in [0.2, 0.25) is 15.1 Å². The molecule has 0 radical (unpaired) electrons. The van der Waals surface area contributed by atoms with Crippen LogP contribution in [0.15, 0.2) is 72.8 Å². The minimum Gasteiger partial charge on any atom is -0.322 e. The number of anilines is 1. The molecule has 1 aromatic heterocycles. The lowest BCUT2D eigenvalue weighted by Gasteiger charge is -2.10. The highest BCUT2D eigenvalue weighted by atomic mass is 35.5. The van der Waals surface area contributed by atoms with Crippen molar-refractivity contribution in [2.75, 3.05) is 5.32 Å². The summed E-state index contributed by atoms with van der Waals surface area (Å²) in [6.07, 6.45) is -4.64. The fourth-order valence-corrected chi connectivity index (χ4v) is 3.62. The first-order valence-corrected chi connectivity index (χ1v) is 10.6. The summed E-state index contributed by atoms with van der Waals surface area (Å²) in [7, 11) is 0. The standard InChI is InChI=1S/C23H13Cl3F3N3O.H2/c24-16-10-9-15(11-18(16)26)30-22(33)14-7-5-13(6-8-14)20-12-21(23(27,28)29)31-32(20)19-4-2-1-3-17(19)25;/h1-12H,(H,30,33);1H. The van der Waals surface area contributed by atoms with E-state index in [1.54, 1.807) is 36.4 Å². The molecule has 4 aromatic rings. The Morgan fingerprint density at radius 1 is 0.879 bits per heavy atom. The summed E-state index contributed by atoms with van der Waals surface area (Å²) in [5.41, 5.74) is 0.579. The Hall–Kier alpha value is -3.00. The molecule has 1 amide bonds. The molecule has 10 heteroatoms. The fraction of sp³-hybridized carbons (Fsp3) is 0.0435. The molecule has 0 saturated heterocycles. The number of aromatic nitrogens is 2. The van der Waals surface area contributed by atoms with Crippen LogP contribution in [0.5, 0.6) is 0 Å². The Morgan fingerprint density at radius 2 is 1.58 bits per heavy atom. The monoisotopic (exact) mass is 511 g/mol. The number of alkyl halides is 3. The quantitative estimate of drug-likeness (QED) is 0.301. The number of hydrogen-bond acceptors (Lipinski definition) is 2. The predicted octanol–water partition coefficient (Wildman–Crippen LogP) is 8.02. The summed E-state index contributed by atoms with van der Waals surface area (Å²) < 4.78 is 41.2. The van der Waals surface area contributed by atoms with E-state index in [0.717, 1.165) is 10.7 Å². The molecule has 0 saturated carbocycles. The Labute approximate surface area is 203 Å². The number of nitrogens with one attached hydrogen (secondary N) is 1. The van der Waals surface area contributed by atoms with Gasteiger partial charge in [0.25, 0.3) is 5.91 Å². The van der Waals surface area contributed by atoms with Crippen LogP contribution in [0.3, 0.4) is 0 Å². The smallest absolute Gasteiger partial charge is 0.322 e. The molecule has 0 unspecified atom stereocenters. The van der Waals surface area contributed by atoms with Gasteiger partial charge in [0.05, 0.1) is 26.4 Å². The van der Waals surface area contributed by atoms with Gasteiger partial charge in [-0.25, -0.2) is 4.68 Å². The van der Waals surface area contributed by atoms with Gasteiger partial charge < -0.3 is 5.32 Å². The zero-order valence-corrected chi connectivity index (χ0v) is 18.8. The van der Waals surface area contributed by atoms with Crippen LogP contribution in [-0.4, -0.2) is 15.7 Å². The Morgan fingerprint density at radius 3 is 2.21 bits per heavy atom. The first-order valence-electron chi connectivity index (χ1n) is 9.42. The lowest BCUT2D eigenvalue weighted by atomic mass is 10.1. The van der Waals surface area contributed by atoms with E-state index in [1.165, 1.54) is 30.3 Å². The van der Waals surface area contributed by atoms with Gasteiger partial charge in [-0.15, -0.1) is 0 Å². The molecule has 0 spiro atoms. The number of nitrogens with zero attached hydrogens (tertiary/aromatic N) is 2. The first kappa shape index (κ1) is 23.2. The molecular weight excluding hydrogens is 498 g/mol. The summed E-state index contributed by atoms with van der Waals surface area (Å²) in [5, 5.41) is 7.30. The molecular formula is C23H15Cl3F3N3O. The number of benzene rings is 3. The second-order valence-electron chi connectivity index (χ2n) is 6.94. The number of hydrogen-bond donors (Lipinski definition) is 1. The lowest BCUT2D eigenvalue weighted by Crippen LogP contribution is -2.11. The van der Waals surface area contributed by atoms with E-state index in [4.69, 9.17) is 34.8 Å². The second-order valence-corrected chi connectivity index (χ2v) is 8.16. The molecule has 0 aliphatic heterocycles. The number of amides is 1. The van der Waals surface area contributed by atoms with Crippen molar-refractivity contribution in [3.8, 4) is 16.9 Å². The van der Waals surface area contributed by atoms with E-state index < -0.39 is 17.8 Å². The van der Waals surface area contributed by atoms with E-state index in [1.807, 2.05) is 0 Å². The van der Waals surface area contributed by atoms with Crippen molar-refractivity contribution in [3.63, 3.8) is 0 Å². The van der Waals surface area contributed by atoms with Gasteiger partial charge in [0.1, 0.15) is 0 Å². The minimum atomic E-state index is -4.64. The van der Waals surface area contributed by atoms with E-state index in [9.17, 15) is 18.0 Å². The van der Waals surface area contributed by atoms with Gasteiger partial charge in [-0.1, -0.05) is 59.1 Å². The average molecular weight is 513 g/mol. The summed E-state index contributed by atoms with van der Waals surface area (Å²) in [6.45, 7) is 0. The molecule has 1 N–H and O–H groups in total. The minimum absolute atomic E-state index is 0. The van der Waals surface area contributed by atoms with Crippen LogP contribution < -0.4 is 5.32 Å². The van der Waals surface area contributed by atoms with Crippen LogP contribution >= 0.6 is 34.8 Å². The van der Waals surface area contributed by atoms with Crippen molar-refractivity contribution in [3.05, 3.63) is 99.1 Å². The van der Waals surface area contributed by atoms with Crippen molar-refractivity contribution in [2.24, 2.45) is 0 Å². The van der Waals surface area contributed by atoms with Crippen molar-refractivity contribution in [2.45, 2.75) is 6.18 Å². The molecule has 1 heterocycles. The third-order valence-corrected chi connectivity index (χ3v) is 5.76. The van der Waals surface area contributed by atoms with E-state index in [0.29, 0.717) is 27.5 Å². The second kappa shape index (κ2) is 9.09. The van der Waals surface area contributed by atoms with E-state index in [2.05, 4.69) is 10.4 Å². The maximum Gasteiger partial charge on any atom is 0.435 e. The molecule has 4 rings (SSSR count). The number of carbonyl (C=O) groups excluding carboxylic acids is 1.